The molecule has 0 spiro atoms. The van der Waals surface area contributed by atoms with Crippen LogP contribution < -0.4 is 0 Å². The average Bonchev–Trinajstić information content (AvgIpc) is 3.51. The second-order valence-corrected chi connectivity index (χ2v) is 13.3. The zero-order chi connectivity index (χ0) is 29.7. The van der Waals surface area contributed by atoms with Gasteiger partial charge in [0, 0.05) is 0 Å². The number of rotatable bonds is 4. The summed E-state index contributed by atoms with van der Waals surface area (Å²) in [6.07, 6.45) is 0. The van der Waals surface area contributed by atoms with Crippen LogP contribution in [0.25, 0.3) is 86.1 Å². The number of aromatic nitrogens is 3. The van der Waals surface area contributed by atoms with Crippen LogP contribution in [0.4, 0.5) is 0 Å². The fourth-order valence-corrected chi connectivity index (χ4v) is 9.30. The molecule has 0 atom stereocenters. The molecule has 0 aliphatic carbocycles. The van der Waals surface area contributed by atoms with E-state index in [4.69, 9.17) is 15.0 Å². The zero-order valence-electron chi connectivity index (χ0n) is 24.2. The number of hydrogen-bond acceptors (Lipinski definition) is 3. The Balaban J connectivity index is 1.41. The van der Waals surface area contributed by atoms with Gasteiger partial charge >= 0.3 is 267 Å². The van der Waals surface area contributed by atoms with Crippen LogP contribution in [0.2, 0.25) is 0 Å². The van der Waals surface area contributed by atoms with Crippen molar-refractivity contribution in [1.82, 2.24) is 15.0 Å². The molecule has 0 fully saturated rings. The quantitative estimate of drug-likeness (QED) is 0.142. The first kappa shape index (κ1) is 26.0. The van der Waals surface area contributed by atoms with Crippen molar-refractivity contribution in [2.24, 2.45) is 0 Å². The van der Waals surface area contributed by atoms with Crippen molar-refractivity contribution in [3.8, 4) is 45.3 Å². The van der Waals surface area contributed by atoms with Gasteiger partial charge in [0.25, 0.3) is 0 Å². The van der Waals surface area contributed by atoms with Gasteiger partial charge in [0.2, 0.25) is 0 Å². The van der Waals surface area contributed by atoms with Gasteiger partial charge in [0.05, 0.1) is 0 Å². The normalized spacial score (nSPS) is 11.6. The summed E-state index contributed by atoms with van der Waals surface area (Å²) < 4.78 is 2.86. The molecule has 9 rings (SSSR count). The van der Waals surface area contributed by atoms with E-state index < -0.39 is 0 Å². The predicted octanol–water partition coefficient (Wildman–Crippen LogP) is 10.2. The molecule has 0 aliphatic heterocycles. The first-order valence-corrected chi connectivity index (χ1v) is 16.8. The minimum absolute atomic E-state index is 0.126. The van der Waals surface area contributed by atoms with Gasteiger partial charge in [-0.25, -0.2) is 0 Å². The average molecular weight is 639 g/mol. The third-order valence-electron chi connectivity index (χ3n) is 8.51. The molecule has 0 saturated heterocycles. The van der Waals surface area contributed by atoms with Crippen molar-refractivity contribution in [1.29, 1.82) is 0 Å². The first-order valence-electron chi connectivity index (χ1n) is 15.0. The summed E-state index contributed by atoms with van der Waals surface area (Å²) in [6, 6.07) is 53.5. The molecule has 9 aromatic rings. The molecular formula is C41H25N3Se. The monoisotopic (exact) mass is 639 g/mol. The van der Waals surface area contributed by atoms with E-state index in [2.05, 4.69) is 115 Å². The summed E-state index contributed by atoms with van der Waals surface area (Å²) in [4.78, 5) is 15.3. The second-order valence-electron chi connectivity index (χ2n) is 11.2. The van der Waals surface area contributed by atoms with Crippen molar-refractivity contribution in [3.05, 3.63) is 152 Å². The molecule has 3 nitrogen and oxygen atoms in total. The van der Waals surface area contributed by atoms with E-state index in [1.54, 1.807) is 0 Å². The van der Waals surface area contributed by atoms with E-state index >= 15 is 0 Å². The number of benzene rings is 7. The fourth-order valence-electron chi connectivity index (χ4n) is 6.39. The molecule has 0 aliphatic rings. The van der Waals surface area contributed by atoms with Crippen LogP contribution in [-0.4, -0.2) is 29.5 Å². The summed E-state index contributed by atoms with van der Waals surface area (Å²) in [5.74, 6) is 2.03. The SMILES string of the molecule is c1ccc(-c2nc(-c3ccccc3)nc(-c3cc4c5cccc(-c6ccccc6)c5[se]c4c4c3ccc3ccccc34)n2)cc1. The van der Waals surface area contributed by atoms with Crippen molar-refractivity contribution in [2.75, 3.05) is 0 Å². The maximum atomic E-state index is 5.16. The molecule has 7 aromatic carbocycles. The van der Waals surface area contributed by atoms with E-state index in [1.807, 2.05) is 36.4 Å². The zero-order valence-corrected chi connectivity index (χ0v) is 25.9. The topological polar surface area (TPSA) is 38.7 Å². The Bertz CT molecular complexity index is 2460. The predicted molar refractivity (Wildman–Crippen MR) is 189 cm³/mol. The summed E-state index contributed by atoms with van der Waals surface area (Å²) in [5.41, 5.74) is 5.54. The Morgan fingerprint density at radius 1 is 0.356 bits per heavy atom. The Labute approximate surface area is 266 Å². The van der Waals surface area contributed by atoms with Gasteiger partial charge in [-0.15, -0.1) is 0 Å². The van der Waals surface area contributed by atoms with E-state index in [1.165, 1.54) is 52.0 Å². The third-order valence-corrected chi connectivity index (χ3v) is 11.2. The van der Waals surface area contributed by atoms with E-state index in [9.17, 15) is 0 Å². The molecular weight excluding hydrogens is 613 g/mol. The number of nitrogens with zero attached hydrogens (tertiary/aromatic N) is 3. The van der Waals surface area contributed by atoms with Gasteiger partial charge in [-0.1, -0.05) is 0 Å². The van der Waals surface area contributed by atoms with Crippen molar-refractivity contribution < 1.29 is 0 Å². The molecule has 0 radical (unpaired) electrons. The second kappa shape index (κ2) is 10.6. The van der Waals surface area contributed by atoms with Crippen molar-refractivity contribution >= 4 is 55.3 Å². The van der Waals surface area contributed by atoms with Gasteiger partial charge in [0.15, 0.2) is 0 Å². The standard InChI is InChI=1S/C41H25N3Se/c1-4-13-26(14-5-1)31-21-12-22-33-34-25-35(32-24-23-27-15-10-11-20-30(27)36(32)38(34)45-37(31)33)41-43-39(28-16-6-2-7-17-28)42-40(44-41)29-18-8-3-9-19-29/h1-25H. The molecule has 0 N–H and O–H groups in total. The van der Waals surface area contributed by atoms with Crippen LogP contribution in [-0.2, 0) is 0 Å². The minimum atomic E-state index is 0.126. The summed E-state index contributed by atoms with van der Waals surface area (Å²) in [5, 5.41) is 7.58. The third kappa shape index (κ3) is 4.38. The first-order chi connectivity index (χ1) is 22.3. The fraction of sp³-hybridized carbons (Fsp3) is 0. The molecule has 0 bridgehead atoms. The van der Waals surface area contributed by atoms with Crippen molar-refractivity contribution in [2.45, 2.75) is 0 Å². The summed E-state index contributed by atoms with van der Waals surface area (Å²) >= 11 is 0.126. The molecule has 0 amide bonds. The van der Waals surface area contributed by atoms with E-state index in [0.717, 1.165) is 16.7 Å². The Hall–Kier alpha value is -5.41. The number of fused-ring (bicyclic) bond motifs is 7. The van der Waals surface area contributed by atoms with E-state index in [0.29, 0.717) is 17.5 Å². The molecule has 2 heterocycles. The van der Waals surface area contributed by atoms with Gasteiger partial charge < -0.3 is 0 Å². The molecule has 0 saturated carbocycles. The van der Waals surface area contributed by atoms with Gasteiger partial charge in [-0.2, -0.15) is 0 Å². The van der Waals surface area contributed by atoms with Crippen LogP contribution in [0.1, 0.15) is 0 Å². The molecule has 2 aromatic heterocycles. The number of hydrogen-bond donors (Lipinski definition) is 0. The maximum absolute atomic E-state index is 5.16. The van der Waals surface area contributed by atoms with Crippen LogP contribution >= 0.6 is 0 Å². The van der Waals surface area contributed by atoms with Gasteiger partial charge in [0.1, 0.15) is 0 Å². The van der Waals surface area contributed by atoms with Crippen LogP contribution in [0, 0.1) is 0 Å². The molecule has 45 heavy (non-hydrogen) atoms. The Kier molecular flexibility index (Phi) is 6.15. The van der Waals surface area contributed by atoms with Crippen LogP contribution in [0.15, 0.2) is 152 Å². The van der Waals surface area contributed by atoms with Crippen LogP contribution in [0.5, 0.6) is 0 Å². The van der Waals surface area contributed by atoms with Gasteiger partial charge in [-0.05, 0) is 0 Å². The summed E-state index contributed by atoms with van der Waals surface area (Å²) in [7, 11) is 0. The van der Waals surface area contributed by atoms with Crippen molar-refractivity contribution in [3.63, 3.8) is 0 Å². The Morgan fingerprint density at radius 3 is 1.62 bits per heavy atom. The summed E-state index contributed by atoms with van der Waals surface area (Å²) in [6.45, 7) is 0. The van der Waals surface area contributed by atoms with Gasteiger partial charge in [-0.3, -0.25) is 0 Å². The molecule has 0 unspecified atom stereocenters. The van der Waals surface area contributed by atoms with Crippen LogP contribution in [0.3, 0.4) is 0 Å². The van der Waals surface area contributed by atoms with E-state index in [-0.39, 0.29) is 14.5 Å². The molecule has 4 heteroatoms. The molecule has 210 valence electrons. The Morgan fingerprint density at radius 2 is 0.933 bits per heavy atom.